The minimum absolute atomic E-state index is 0.127. The van der Waals surface area contributed by atoms with Gasteiger partial charge >= 0.3 is 0 Å². The summed E-state index contributed by atoms with van der Waals surface area (Å²) in [5.41, 5.74) is -0.0944. The van der Waals surface area contributed by atoms with Gasteiger partial charge in [0, 0.05) is 23.7 Å². The summed E-state index contributed by atoms with van der Waals surface area (Å²) in [6.07, 6.45) is 0.420. The number of hydrogen-bond donors (Lipinski definition) is 2. The second-order valence-corrected chi connectivity index (χ2v) is 6.79. The molecule has 2 unspecified atom stereocenters. The smallest absolute Gasteiger partial charge is 0.271 e. The number of nitro groups is 1. The van der Waals surface area contributed by atoms with Gasteiger partial charge in [-0.3, -0.25) is 14.9 Å². The fourth-order valence-electron chi connectivity index (χ4n) is 3.50. The van der Waals surface area contributed by atoms with Gasteiger partial charge in [-0.15, -0.1) is 0 Å². The summed E-state index contributed by atoms with van der Waals surface area (Å²) in [5, 5.41) is 23.6. The fraction of sp³-hybridized carbons (Fsp3) is 0.350. The summed E-state index contributed by atoms with van der Waals surface area (Å²) in [6.45, 7) is -0.366. The maximum Gasteiger partial charge on any atom is 0.271 e. The van der Waals surface area contributed by atoms with Crippen LogP contribution in [0, 0.1) is 15.5 Å². The monoisotopic (exact) mass is 402 g/mol. The molecule has 154 valence electrons. The van der Waals surface area contributed by atoms with Crippen molar-refractivity contribution in [1.82, 2.24) is 0 Å². The molecule has 1 aliphatic carbocycles. The maximum absolute atomic E-state index is 12.9. The Hall–Kier alpha value is -3.33. The molecule has 0 aromatic heterocycles. The number of carbonyl (C=O) groups is 1. The first-order valence-corrected chi connectivity index (χ1v) is 8.86. The van der Waals surface area contributed by atoms with Crippen molar-refractivity contribution in [2.45, 2.75) is 12.3 Å². The van der Waals surface area contributed by atoms with Gasteiger partial charge in [0.2, 0.25) is 11.7 Å². The lowest BCUT2D eigenvalue weighted by Gasteiger charge is -2.17. The number of methoxy groups -OCH3 is 3. The van der Waals surface area contributed by atoms with E-state index in [0.717, 1.165) is 5.56 Å². The first-order valence-electron chi connectivity index (χ1n) is 8.86. The number of non-ortho nitro benzene ring substituents is 1. The van der Waals surface area contributed by atoms with Crippen molar-refractivity contribution in [2.24, 2.45) is 5.41 Å². The molecule has 1 fully saturated rings. The van der Waals surface area contributed by atoms with E-state index in [9.17, 15) is 20.0 Å². The summed E-state index contributed by atoms with van der Waals surface area (Å²) in [6, 6.07) is 9.18. The van der Waals surface area contributed by atoms with Gasteiger partial charge in [-0.1, -0.05) is 6.07 Å². The Balaban J connectivity index is 1.87. The second kappa shape index (κ2) is 7.96. The fourth-order valence-corrected chi connectivity index (χ4v) is 3.50. The first kappa shape index (κ1) is 20.4. The lowest BCUT2D eigenvalue weighted by atomic mass is 9.98. The quantitative estimate of drug-likeness (QED) is 0.514. The Morgan fingerprint density at radius 1 is 1.21 bits per heavy atom. The summed E-state index contributed by atoms with van der Waals surface area (Å²) in [5.74, 6) is 0.688. The van der Waals surface area contributed by atoms with Crippen molar-refractivity contribution in [3.05, 3.63) is 52.1 Å². The number of benzene rings is 2. The van der Waals surface area contributed by atoms with Gasteiger partial charge < -0.3 is 24.6 Å². The molecule has 1 saturated carbocycles. The Labute approximate surface area is 167 Å². The van der Waals surface area contributed by atoms with Crippen LogP contribution in [0.15, 0.2) is 36.4 Å². The van der Waals surface area contributed by atoms with E-state index in [1.807, 2.05) is 0 Å². The van der Waals surface area contributed by atoms with Gasteiger partial charge in [0.25, 0.3) is 5.69 Å². The van der Waals surface area contributed by atoms with Gasteiger partial charge in [-0.2, -0.15) is 0 Å². The molecule has 0 bridgehead atoms. The standard InChI is InChI=1S/C20H22N2O7/c1-27-16-7-12(8-17(28-2)18(16)29-3)15-10-20(15,11-23)19(24)21-13-5-4-6-14(9-13)22(25)26/h4-9,15,23H,10-11H2,1-3H3,(H,21,24). The molecule has 0 heterocycles. The summed E-state index contributed by atoms with van der Waals surface area (Å²) >= 11 is 0. The molecule has 2 atom stereocenters. The molecule has 0 aliphatic heterocycles. The van der Waals surface area contributed by atoms with E-state index in [-0.39, 0.29) is 18.2 Å². The Kier molecular flexibility index (Phi) is 5.60. The third-order valence-corrected chi connectivity index (χ3v) is 5.21. The molecule has 0 saturated heterocycles. The summed E-state index contributed by atoms with van der Waals surface area (Å²) in [4.78, 5) is 23.3. The molecule has 29 heavy (non-hydrogen) atoms. The van der Waals surface area contributed by atoms with Crippen LogP contribution in [0.25, 0.3) is 0 Å². The minimum Gasteiger partial charge on any atom is -0.493 e. The highest BCUT2D eigenvalue weighted by atomic mass is 16.6. The number of nitrogens with zero attached hydrogens (tertiary/aromatic N) is 1. The zero-order valence-corrected chi connectivity index (χ0v) is 16.3. The first-order chi connectivity index (χ1) is 13.9. The Bertz CT molecular complexity index is 921. The van der Waals surface area contributed by atoms with Crippen molar-refractivity contribution >= 4 is 17.3 Å². The van der Waals surface area contributed by atoms with E-state index in [4.69, 9.17) is 14.2 Å². The van der Waals surface area contributed by atoms with Gasteiger partial charge in [0.15, 0.2) is 11.5 Å². The predicted octanol–water partition coefficient (Wildman–Crippen LogP) is 2.73. The van der Waals surface area contributed by atoms with E-state index in [1.165, 1.54) is 39.5 Å². The van der Waals surface area contributed by atoms with Gasteiger partial charge in [-0.25, -0.2) is 0 Å². The molecule has 2 aromatic carbocycles. The number of hydrogen-bond acceptors (Lipinski definition) is 7. The molecule has 0 spiro atoms. The average Bonchev–Trinajstić information content (AvgIpc) is 3.49. The number of nitrogens with one attached hydrogen (secondary N) is 1. The Morgan fingerprint density at radius 3 is 2.38 bits per heavy atom. The van der Waals surface area contributed by atoms with Crippen LogP contribution in [0.1, 0.15) is 17.9 Å². The van der Waals surface area contributed by atoms with Crippen molar-refractivity contribution in [3.63, 3.8) is 0 Å². The number of aliphatic hydroxyl groups is 1. The molecule has 3 rings (SSSR count). The molecule has 1 amide bonds. The molecule has 9 nitrogen and oxygen atoms in total. The van der Waals surface area contributed by atoms with Crippen LogP contribution < -0.4 is 19.5 Å². The number of rotatable bonds is 8. The number of carbonyl (C=O) groups excluding carboxylic acids is 1. The lowest BCUT2D eigenvalue weighted by molar-refractivity contribution is -0.384. The van der Waals surface area contributed by atoms with Gasteiger partial charge in [0.1, 0.15) is 0 Å². The number of ether oxygens (including phenoxy) is 3. The number of amides is 1. The largest absolute Gasteiger partial charge is 0.493 e. The third kappa shape index (κ3) is 3.68. The number of aliphatic hydroxyl groups excluding tert-OH is 1. The minimum atomic E-state index is -1.03. The number of nitro benzene ring substituents is 1. The van der Waals surface area contributed by atoms with E-state index in [2.05, 4.69) is 5.32 Å². The SMILES string of the molecule is COc1cc(C2CC2(CO)C(=O)Nc2cccc([N+](=O)[O-])c2)cc(OC)c1OC. The van der Waals surface area contributed by atoms with E-state index < -0.39 is 16.2 Å². The van der Waals surface area contributed by atoms with Crippen LogP contribution in [0.4, 0.5) is 11.4 Å². The van der Waals surface area contributed by atoms with Crippen molar-refractivity contribution in [1.29, 1.82) is 0 Å². The second-order valence-electron chi connectivity index (χ2n) is 6.79. The van der Waals surface area contributed by atoms with E-state index in [1.54, 1.807) is 18.2 Å². The van der Waals surface area contributed by atoms with Gasteiger partial charge in [0.05, 0.1) is 38.3 Å². The molecular weight excluding hydrogens is 380 g/mol. The van der Waals surface area contributed by atoms with Crippen molar-refractivity contribution < 1.29 is 29.0 Å². The maximum atomic E-state index is 12.9. The van der Waals surface area contributed by atoms with E-state index in [0.29, 0.717) is 29.4 Å². The zero-order valence-electron chi connectivity index (χ0n) is 16.3. The van der Waals surface area contributed by atoms with Crippen LogP contribution >= 0.6 is 0 Å². The van der Waals surface area contributed by atoms with Crippen molar-refractivity contribution in [3.8, 4) is 17.2 Å². The molecular formula is C20H22N2O7. The third-order valence-electron chi connectivity index (χ3n) is 5.21. The topological polar surface area (TPSA) is 120 Å². The average molecular weight is 402 g/mol. The number of anilines is 1. The van der Waals surface area contributed by atoms with Crippen molar-refractivity contribution in [2.75, 3.05) is 33.3 Å². The Morgan fingerprint density at radius 2 is 1.86 bits per heavy atom. The van der Waals surface area contributed by atoms with Gasteiger partial charge in [-0.05, 0) is 30.2 Å². The summed E-state index contributed by atoms with van der Waals surface area (Å²) < 4.78 is 16.0. The normalized spacial score (nSPS) is 19.9. The molecule has 9 heteroatoms. The highest BCUT2D eigenvalue weighted by molar-refractivity contribution is 5.99. The summed E-state index contributed by atoms with van der Waals surface area (Å²) in [7, 11) is 4.51. The van der Waals surface area contributed by atoms with Crippen LogP contribution in [0.5, 0.6) is 17.2 Å². The van der Waals surface area contributed by atoms with Crippen LogP contribution in [-0.2, 0) is 4.79 Å². The van der Waals surface area contributed by atoms with E-state index >= 15 is 0 Å². The van der Waals surface area contributed by atoms with Crippen LogP contribution in [-0.4, -0.2) is 43.9 Å². The zero-order chi connectivity index (χ0) is 21.2. The highest BCUT2D eigenvalue weighted by Gasteiger charge is 2.60. The highest BCUT2D eigenvalue weighted by Crippen LogP contribution is 2.61. The van der Waals surface area contributed by atoms with Crippen LogP contribution in [0.2, 0.25) is 0 Å². The molecule has 2 aromatic rings. The molecule has 0 radical (unpaired) electrons. The molecule has 2 N–H and O–H groups in total. The van der Waals surface area contributed by atoms with Crippen LogP contribution in [0.3, 0.4) is 0 Å². The lowest BCUT2D eigenvalue weighted by Crippen LogP contribution is -2.29. The predicted molar refractivity (Wildman–Crippen MR) is 105 cm³/mol. The molecule has 1 aliphatic rings.